The van der Waals surface area contributed by atoms with Gasteiger partial charge in [0.05, 0.1) is 0 Å². The van der Waals surface area contributed by atoms with Crippen LogP contribution >= 0.6 is 12.6 Å². The Morgan fingerprint density at radius 2 is 1.75 bits per heavy atom. The molecule has 0 aromatic heterocycles. The highest BCUT2D eigenvalue weighted by Crippen LogP contribution is 2.24. The maximum Gasteiger partial charge on any atom is 0.489 e. The van der Waals surface area contributed by atoms with Crippen molar-refractivity contribution in [2.24, 2.45) is 0 Å². The minimum Gasteiger partial charge on any atom is -0.423 e. The van der Waals surface area contributed by atoms with E-state index in [0.29, 0.717) is 11.9 Å². The number of rotatable bonds is 2. The summed E-state index contributed by atoms with van der Waals surface area (Å²) in [5.41, 5.74) is 4.14. The summed E-state index contributed by atoms with van der Waals surface area (Å²) in [6.45, 7) is 5.63. The first-order valence-electron chi connectivity index (χ1n) is 5.02. The third-order valence-electron chi connectivity index (χ3n) is 2.96. The van der Waals surface area contributed by atoms with Gasteiger partial charge in [0.15, 0.2) is 0 Å². The molecule has 16 heavy (non-hydrogen) atoms. The lowest BCUT2D eigenvalue weighted by Crippen LogP contribution is -2.36. The number of hydrogen-bond acceptors (Lipinski definition) is 3. The monoisotopic (exact) mass is 234 g/mol. The fourth-order valence-corrected chi connectivity index (χ4v) is 2.29. The first-order chi connectivity index (χ1) is 7.41. The van der Waals surface area contributed by atoms with Crippen molar-refractivity contribution in [1.29, 1.82) is 0 Å². The van der Waals surface area contributed by atoms with Crippen LogP contribution in [0, 0.1) is 33.1 Å². The van der Waals surface area contributed by atoms with E-state index in [1.54, 1.807) is 0 Å². The first kappa shape index (κ1) is 13.2. The van der Waals surface area contributed by atoms with Gasteiger partial charge in [-0.3, -0.25) is 0 Å². The Balaban J connectivity index is 3.60. The summed E-state index contributed by atoms with van der Waals surface area (Å²) in [7, 11) is -1.48. The molecule has 4 heteroatoms. The fraction of sp³-hybridized carbons (Fsp3) is 0.333. The van der Waals surface area contributed by atoms with Gasteiger partial charge in [-0.25, -0.2) is 0 Å². The number of terminal acetylenes is 1. The standard InChI is InChI=1S/C12H15BO2S/c1-5-6-10-7(2)11(13(14)15)9(4)12(16)8(10)3/h1,14-16H,6H2,2-4H3. The summed E-state index contributed by atoms with van der Waals surface area (Å²) in [6.07, 6.45) is 5.79. The molecular weight excluding hydrogens is 219 g/mol. The van der Waals surface area contributed by atoms with Crippen molar-refractivity contribution >= 4 is 25.2 Å². The molecule has 1 aromatic rings. The summed E-state index contributed by atoms with van der Waals surface area (Å²) in [4.78, 5) is 0.777. The summed E-state index contributed by atoms with van der Waals surface area (Å²) in [5.74, 6) is 2.58. The highest BCUT2D eigenvalue weighted by molar-refractivity contribution is 7.80. The lowest BCUT2D eigenvalue weighted by molar-refractivity contribution is 0.425. The number of hydrogen-bond donors (Lipinski definition) is 3. The number of thiol groups is 1. The zero-order valence-corrected chi connectivity index (χ0v) is 10.6. The lowest BCUT2D eigenvalue weighted by atomic mass is 9.72. The molecule has 0 fully saturated rings. The highest BCUT2D eigenvalue weighted by Gasteiger charge is 2.22. The fourth-order valence-electron chi connectivity index (χ4n) is 2.03. The SMILES string of the molecule is C#CCc1c(C)c(S)c(C)c(B(O)O)c1C. The van der Waals surface area contributed by atoms with E-state index in [-0.39, 0.29) is 0 Å². The molecule has 0 atom stereocenters. The minimum atomic E-state index is -1.48. The Kier molecular flexibility index (Phi) is 4.09. The van der Waals surface area contributed by atoms with Crippen LogP contribution in [0.5, 0.6) is 0 Å². The molecule has 0 bridgehead atoms. The molecule has 0 amide bonds. The maximum absolute atomic E-state index is 9.36. The van der Waals surface area contributed by atoms with E-state index in [2.05, 4.69) is 18.5 Å². The van der Waals surface area contributed by atoms with Crippen molar-refractivity contribution in [2.45, 2.75) is 32.1 Å². The Hall–Kier alpha value is -0.885. The summed E-state index contributed by atoms with van der Waals surface area (Å²) >= 11 is 4.39. The van der Waals surface area contributed by atoms with Gasteiger partial charge in [0.25, 0.3) is 0 Å². The van der Waals surface area contributed by atoms with Gasteiger partial charge >= 0.3 is 7.12 Å². The van der Waals surface area contributed by atoms with Crippen molar-refractivity contribution in [3.05, 3.63) is 22.3 Å². The van der Waals surface area contributed by atoms with Crippen LogP contribution in [0.2, 0.25) is 0 Å². The van der Waals surface area contributed by atoms with E-state index in [4.69, 9.17) is 6.42 Å². The molecule has 1 rings (SSSR count). The van der Waals surface area contributed by atoms with Gasteiger partial charge in [0, 0.05) is 11.3 Å². The van der Waals surface area contributed by atoms with Crippen LogP contribution in [0.4, 0.5) is 0 Å². The van der Waals surface area contributed by atoms with E-state index in [1.807, 2.05) is 20.8 Å². The molecule has 1 aromatic carbocycles. The van der Waals surface area contributed by atoms with Crippen molar-refractivity contribution in [2.75, 3.05) is 0 Å². The molecule has 0 heterocycles. The molecular formula is C12H15BO2S. The quantitative estimate of drug-likeness (QED) is 0.401. The van der Waals surface area contributed by atoms with Gasteiger partial charge in [-0.05, 0) is 48.5 Å². The van der Waals surface area contributed by atoms with Crippen molar-refractivity contribution < 1.29 is 10.0 Å². The van der Waals surface area contributed by atoms with Crippen LogP contribution in [0.1, 0.15) is 22.3 Å². The third kappa shape index (κ3) is 2.12. The van der Waals surface area contributed by atoms with Crippen molar-refractivity contribution in [1.82, 2.24) is 0 Å². The average molecular weight is 234 g/mol. The van der Waals surface area contributed by atoms with E-state index >= 15 is 0 Å². The molecule has 2 N–H and O–H groups in total. The molecule has 0 aliphatic heterocycles. The van der Waals surface area contributed by atoms with Gasteiger partial charge in [0.2, 0.25) is 0 Å². The van der Waals surface area contributed by atoms with Crippen molar-refractivity contribution in [3.8, 4) is 12.3 Å². The van der Waals surface area contributed by atoms with Gasteiger partial charge in [-0.2, -0.15) is 0 Å². The predicted molar refractivity (Wildman–Crippen MR) is 70.3 cm³/mol. The van der Waals surface area contributed by atoms with E-state index in [9.17, 15) is 10.0 Å². The normalized spacial score (nSPS) is 10.1. The minimum absolute atomic E-state index is 0.477. The second kappa shape index (κ2) is 4.96. The Morgan fingerprint density at radius 3 is 2.19 bits per heavy atom. The summed E-state index contributed by atoms with van der Waals surface area (Å²) in [6, 6.07) is 0. The highest BCUT2D eigenvalue weighted by atomic mass is 32.1. The summed E-state index contributed by atoms with van der Waals surface area (Å²) < 4.78 is 0. The van der Waals surface area contributed by atoms with E-state index < -0.39 is 7.12 Å². The molecule has 0 saturated heterocycles. The molecule has 0 radical (unpaired) electrons. The zero-order valence-electron chi connectivity index (χ0n) is 9.70. The molecule has 0 aliphatic carbocycles. The smallest absolute Gasteiger partial charge is 0.423 e. The average Bonchev–Trinajstić information content (AvgIpc) is 2.21. The topological polar surface area (TPSA) is 40.5 Å². The second-order valence-electron chi connectivity index (χ2n) is 3.87. The largest absolute Gasteiger partial charge is 0.489 e. The first-order valence-corrected chi connectivity index (χ1v) is 5.47. The van der Waals surface area contributed by atoms with Gasteiger partial charge in [-0.1, -0.05) is 0 Å². The Bertz CT molecular complexity index is 461. The van der Waals surface area contributed by atoms with Crippen LogP contribution < -0.4 is 5.46 Å². The van der Waals surface area contributed by atoms with Gasteiger partial charge in [0.1, 0.15) is 0 Å². The van der Waals surface area contributed by atoms with Crippen LogP contribution in [-0.4, -0.2) is 17.2 Å². The molecule has 0 saturated carbocycles. The van der Waals surface area contributed by atoms with Crippen LogP contribution in [-0.2, 0) is 6.42 Å². The molecule has 84 valence electrons. The molecule has 0 unspecified atom stereocenters. The van der Waals surface area contributed by atoms with Crippen LogP contribution in [0.3, 0.4) is 0 Å². The van der Waals surface area contributed by atoms with Crippen LogP contribution in [0.15, 0.2) is 4.90 Å². The van der Waals surface area contributed by atoms with Gasteiger partial charge < -0.3 is 10.0 Å². The number of benzene rings is 1. The second-order valence-corrected chi connectivity index (χ2v) is 4.32. The Morgan fingerprint density at radius 1 is 1.19 bits per heavy atom. The van der Waals surface area contributed by atoms with Crippen LogP contribution in [0.25, 0.3) is 0 Å². The van der Waals surface area contributed by atoms with Crippen molar-refractivity contribution in [3.63, 3.8) is 0 Å². The third-order valence-corrected chi connectivity index (χ3v) is 3.63. The van der Waals surface area contributed by atoms with E-state index in [1.165, 1.54) is 0 Å². The summed E-state index contributed by atoms with van der Waals surface area (Å²) in [5, 5.41) is 18.7. The maximum atomic E-state index is 9.36. The molecule has 0 spiro atoms. The predicted octanol–water partition coefficient (Wildman–Crippen LogP) is 0.756. The molecule has 0 aliphatic rings. The zero-order chi connectivity index (χ0) is 12.5. The van der Waals surface area contributed by atoms with E-state index in [0.717, 1.165) is 27.1 Å². The lowest BCUT2D eigenvalue weighted by Gasteiger charge is -2.18. The Labute approximate surface area is 102 Å². The molecule has 2 nitrogen and oxygen atoms in total. The van der Waals surface area contributed by atoms with Gasteiger partial charge in [-0.15, -0.1) is 25.0 Å².